The van der Waals surface area contributed by atoms with Gasteiger partial charge in [0.05, 0.1) is 0 Å². The zero-order valence-electron chi connectivity index (χ0n) is 82.3. The number of nitrogens with zero attached hydrogens (tertiary/aromatic N) is 1. The molecule has 0 unspecified atom stereocenters. The lowest BCUT2D eigenvalue weighted by Crippen LogP contribution is -2.61. The first-order valence-electron chi connectivity index (χ1n) is 48.4. The highest BCUT2D eigenvalue weighted by Crippen LogP contribution is 2.27. The normalized spacial score (nSPS) is 19.8. The fourth-order valence-corrected chi connectivity index (χ4v) is 18.2. The second-order valence-corrected chi connectivity index (χ2v) is 37.8. The molecule has 148 heavy (non-hydrogen) atoms. The zero-order valence-corrected chi connectivity index (χ0v) is 83.9. The van der Waals surface area contributed by atoms with Gasteiger partial charge in [-0.15, -0.1) is 0 Å². The van der Waals surface area contributed by atoms with Gasteiger partial charge in [-0.3, -0.25) is 93.6 Å². The Morgan fingerprint density at radius 1 is 0.399 bits per heavy atom. The Labute approximate surface area is 861 Å². The number of rotatable bonds is 48. The number of phenolic OH excluding ortho intramolecular Hbond substituents is 2. The van der Waals surface area contributed by atoms with Crippen LogP contribution in [-0.2, 0) is 91.2 Å². The van der Waals surface area contributed by atoms with Gasteiger partial charge in [-0.1, -0.05) is 88.3 Å². The van der Waals surface area contributed by atoms with E-state index in [0.717, 1.165) is 38.8 Å². The molecule has 0 radical (unpaired) electrons. The Morgan fingerprint density at radius 2 is 0.777 bits per heavy atom. The maximum Gasteiger partial charge on any atom is 0.312 e. The van der Waals surface area contributed by atoms with Crippen LogP contribution in [0, 0.1) is 21.6 Å². The molecule has 44 N–H and O–H groups in total. The number of phenols is 2. The highest BCUT2D eigenvalue weighted by atomic mass is 33.1. The number of carbonyl (C=O) groups excluding carboxylic acids is 18. The SMILES string of the molecule is CC(=O)N[C@@H](CCCNC(N)=O)C(=O)N[C@@H](CCCNC(=N)N)C(=O)N[C@@H](Cc1ccc2ccccc2c1)C(=O)N[C@H]1CSSC[C@@H](C(=O)N[C@@H](CCCNC(=N)N)C(N)=O)NC(=O)[C@H](CCCNC(N)=O)NC(=O)[C@H](CCCNC(=N)N)NC(=O)[C@H](Cc2ccc(O)cc2)NC(=O)[C@@H]2CCCN2C(=O)[C@@H](CCCNC(N)=O)NC(=O)[C@H](CCCCN)NC(=O)[C@H](CCCNC(=N)N)NC(=O)[C@H](Cc2ccc(O)cc2)NC1=O. The molecule has 14 atom stereocenters. The molecular weight excluding hydrogens is 1970 g/mol. The van der Waals surface area contributed by atoms with Crippen LogP contribution in [0.15, 0.2) is 91.0 Å². The summed E-state index contributed by atoms with van der Waals surface area (Å²) in [5.74, 6) is -18.9. The quantitative estimate of drug-likeness (QED) is 0.00846. The summed E-state index contributed by atoms with van der Waals surface area (Å²) in [6.07, 6.45) is -3.03. The molecule has 6 rings (SSSR count). The molecule has 4 aromatic rings. The van der Waals surface area contributed by atoms with E-state index in [0.29, 0.717) is 16.5 Å². The summed E-state index contributed by atoms with van der Waals surface area (Å²) in [4.78, 5) is 264. The van der Waals surface area contributed by atoms with E-state index in [9.17, 15) is 39.0 Å². The van der Waals surface area contributed by atoms with Crippen molar-refractivity contribution >= 4 is 163 Å². The molecule has 21 amide bonds. The van der Waals surface area contributed by atoms with E-state index in [4.69, 9.17) is 73.2 Å². The minimum Gasteiger partial charge on any atom is -0.508 e. The molecule has 2 saturated heterocycles. The number of nitrogens with two attached hydrogens (primary N) is 9. The van der Waals surface area contributed by atoms with Gasteiger partial charge in [-0.2, -0.15) is 0 Å². The number of amides is 21. The van der Waals surface area contributed by atoms with Crippen molar-refractivity contribution in [1.82, 2.24) is 111 Å². The lowest BCUT2D eigenvalue weighted by Gasteiger charge is -2.31. The average molecular weight is 2110 g/mol. The first-order valence-corrected chi connectivity index (χ1v) is 50.9. The van der Waals surface area contributed by atoms with Crippen LogP contribution in [0.3, 0.4) is 0 Å². The van der Waals surface area contributed by atoms with Crippen molar-refractivity contribution in [3.8, 4) is 11.5 Å². The van der Waals surface area contributed by atoms with Gasteiger partial charge >= 0.3 is 18.1 Å². The number of primary amides is 4. The Morgan fingerprint density at radius 3 is 1.23 bits per heavy atom. The summed E-state index contributed by atoms with van der Waals surface area (Å²) in [7, 11) is 1.46. The molecule has 0 bridgehead atoms. The van der Waals surface area contributed by atoms with Gasteiger partial charge in [-0.25, -0.2) is 14.4 Å². The Bertz CT molecular complexity index is 5230. The number of fused-ring (bicyclic) bond motifs is 2. The highest BCUT2D eigenvalue weighted by Gasteiger charge is 2.43. The van der Waals surface area contributed by atoms with E-state index in [1.165, 1.54) is 48.5 Å². The van der Waals surface area contributed by atoms with Crippen LogP contribution in [0.4, 0.5) is 14.4 Å². The zero-order chi connectivity index (χ0) is 109. The Kier molecular flexibility index (Phi) is 52.5. The van der Waals surface area contributed by atoms with Gasteiger partial charge in [0.15, 0.2) is 23.8 Å². The third-order valence-electron chi connectivity index (χ3n) is 23.5. The standard InChI is InChI=1S/C92H142N34O20S2/c1-50(127)113-59(18-10-40-110-90(103)144)73(131)116-63(21-9-39-109-89(101)102)77(135)121-68(47-53-25-30-54-14-2-3-15-55(54)44-53)81(139)125-70-49-148-147-48-69(82(140)114-58(72(94)130)17-6-36-106-86(95)96)124-78(136)64(22-11-41-111-91(104)145)117-75(133)62(20-8-38-108-88(99)100)119-80(138)67(46-52-28-33-57(129)34-29-52)123-84(142)71-24-13-43-126(71)85(143)65(23-12-42-112-92(105)146)120-76(134)60(16-4-5-35-93)115-74(132)61(19-7-37-107-87(97)98)118-79(137)66(122-83(70)141)45-51-26-31-56(128)32-27-51/h2-3,14-15,25-34,44,58-71,128-129H,4-13,16-24,35-43,45-49,93H2,1H3,(H2,94,130)(H,113,127)(H,114,140)(H,115,132)(H,116,131)(H,117,133)(H,118,137)(H,119,138)(H,120,134)(H,121,135)(H,122,141)(H,123,142)(H,124,136)(H,125,139)(H4,95,96,106)(H4,97,98,107)(H4,99,100,108)(H4,101,102,109)(H3,103,110,144)(H3,104,111,145)(H3,105,112,146)/t58-,59-,60-,61-,62-,63-,64-,65+,66-,67-,68-,69-,70-,71-/m0/s1. The van der Waals surface area contributed by atoms with Crippen molar-refractivity contribution in [3.05, 3.63) is 108 Å². The fraction of sp³-hybridized carbons (Fsp3) is 0.522. The lowest BCUT2D eigenvalue weighted by atomic mass is 10.00. The number of hydrogen-bond donors (Lipinski definition) is 35. The number of urea groups is 3. The monoisotopic (exact) mass is 2110 g/mol. The molecule has 0 spiro atoms. The number of benzene rings is 4. The summed E-state index contributed by atoms with van der Waals surface area (Å²) in [6, 6.07) is -3.17. The van der Waals surface area contributed by atoms with Crippen LogP contribution < -0.4 is 158 Å². The topological polar surface area (TPSA) is 921 Å². The van der Waals surface area contributed by atoms with E-state index >= 15 is 57.5 Å². The van der Waals surface area contributed by atoms with Crippen LogP contribution >= 0.6 is 21.6 Å². The third kappa shape index (κ3) is 45.3. The summed E-state index contributed by atoms with van der Waals surface area (Å²) in [5, 5.41) is 106. The minimum absolute atomic E-state index is 0.00697. The van der Waals surface area contributed by atoms with Crippen LogP contribution in [0.5, 0.6) is 11.5 Å². The van der Waals surface area contributed by atoms with E-state index in [2.05, 4.69) is 106 Å². The predicted octanol–water partition coefficient (Wildman–Crippen LogP) is -7.00. The first-order chi connectivity index (χ1) is 70.5. The molecule has 0 saturated carbocycles. The number of unbranched alkanes of at least 4 members (excludes halogenated alkanes) is 1. The molecular formula is C92H142N34O20S2. The molecule has 2 heterocycles. The number of carbonyl (C=O) groups is 18. The lowest BCUT2D eigenvalue weighted by molar-refractivity contribution is -0.142. The molecule has 54 nitrogen and oxygen atoms in total. The van der Waals surface area contributed by atoms with Gasteiger partial charge in [0.25, 0.3) is 0 Å². The molecule has 0 aliphatic carbocycles. The van der Waals surface area contributed by atoms with Crippen LogP contribution in [0.1, 0.15) is 146 Å². The van der Waals surface area contributed by atoms with Crippen molar-refractivity contribution in [2.24, 2.45) is 51.6 Å². The maximum absolute atomic E-state index is 16.1. The Balaban J connectivity index is 1.64. The van der Waals surface area contributed by atoms with Crippen molar-refractivity contribution in [1.29, 1.82) is 21.6 Å². The van der Waals surface area contributed by atoms with Crippen LogP contribution in [0.25, 0.3) is 10.8 Å². The molecule has 2 aliphatic rings. The number of aromatic hydroxyl groups is 2. The molecule has 0 aromatic heterocycles. The van der Waals surface area contributed by atoms with Crippen molar-refractivity contribution in [2.75, 3.05) is 70.4 Å². The summed E-state index contributed by atoms with van der Waals surface area (Å²) >= 11 is 0. The molecule has 56 heteroatoms. The first kappa shape index (κ1) is 121. The summed E-state index contributed by atoms with van der Waals surface area (Å²) < 4.78 is 0. The van der Waals surface area contributed by atoms with Gasteiger partial charge < -0.3 is 173 Å². The van der Waals surface area contributed by atoms with Crippen molar-refractivity contribution < 1.29 is 96.5 Å². The van der Waals surface area contributed by atoms with E-state index in [-0.39, 0.29) is 198 Å². The van der Waals surface area contributed by atoms with Crippen LogP contribution in [-0.4, -0.2) is 301 Å². The second-order valence-electron chi connectivity index (χ2n) is 35.3. The van der Waals surface area contributed by atoms with Crippen LogP contribution in [0.2, 0.25) is 0 Å². The molecule has 812 valence electrons. The van der Waals surface area contributed by atoms with Crippen molar-refractivity contribution in [3.63, 3.8) is 0 Å². The minimum atomic E-state index is -1.94. The van der Waals surface area contributed by atoms with Gasteiger partial charge in [0.2, 0.25) is 88.6 Å². The summed E-state index contributed by atoms with van der Waals surface area (Å²) in [6.45, 7) is 0.406. The number of guanidine groups is 4. The average Bonchev–Trinajstić information content (AvgIpc) is 1.62. The van der Waals surface area contributed by atoms with E-state index < -0.39 is 246 Å². The second kappa shape index (κ2) is 64.3. The maximum atomic E-state index is 16.1. The molecule has 2 fully saturated rings. The van der Waals surface area contributed by atoms with E-state index in [1.807, 2.05) is 0 Å². The molecule has 2 aliphatic heterocycles. The van der Waals surface area contributed by atoms with Gasteiger partial charge in [-0.05, 0) is 180 Å². The largest absolute Gasteiger partial charge is 0.508 e. The highest BCUT2D eigenvalue weighted by molar-refractivity contribution is 8.76. The molecule has 4 aromatic carbocycles. The fourth-order valence-electron chi connectivity index (χ4n) is 15.9. The van der Waals surface area contributed by atoms with Gasteiger partial charge in [0.1, 0.15) is 96.1 Å². The number of nitrogens with one attached hydrogen (secondary N) is 24. The third-order valence-corrected chi connectivity index (χ3v) is 25.9. The smallest absolute Gasteiger partial charge is 0.312 e. The predicted molar refractivity (Wildman–Crippen MR) is 551 cm³/mol. The number of hydrogen-bond acceptors (Lipinski definition) is 27. The van der Waals surface area contributed by atoms with Gasteiger partial charge in [0, 0.05) is 90.0 Å². The van der Waals surface area contributed by atoms with Crippen molar-refractivity contribution in [2.45, 2.75) is 233 Å². The summed E-state index contributed by atoms with van der Waals surface area (Å²) in [5.41, 5.74) is 51.6. The van der Waals surface area contributed by atoms with E-state index in [1.54, 1.807) is 42.5 Å². The Hall–Kier alpha value is -15.7.